The predicted molar refractivity (Wildman–Crippen MR) is 94.7 cm³/mol. The van der Waals surface area contributed by atoms with Crippen LogP contribution in [0.1, 0.15) is 30.7 Å². The van der Waals surface area contributed by atoms with Crippen LogP contribution in [0.25, 0.3) is 0 Å². The Bertz CT molecular complexity index is 758. The number of amides is 1. The molecule has 0 saturated heterocycles. The van der Waals surface area contributed by atoms with Crippen molar-refractivity contribution in [2.75, 3.05) is 19.5 Å². The van der Waals surface area contributed by atoms with Gasteiger partial charge in [0.25, 0.3) is 0 Å². The SMILES string of the molecule is COc1ccc(C(CC(=O)Nc2cccc(F)c2)C2CC2)cc1OC. The van der Waals surface area contributed by atoms with Crippen LogP contribution in [-0.2, 0) is 4.79 Å². The van der Waals surface area contributed by atoms with Crippen molar-refractivity contribution >= 4 is 11.6 Å². The van der Waals surface area contributed by atoms with Crippen LogP contribution in [0.3, 0.4) is 0 Å². The number of nitrogens with one attached hydrogen (secondary N) is 1. The smallest absolute Gasteiger partial charge is 0.224 e. The number of hydrogen-bond donors (Lipinski definition) is 1. The maximum atomic E-state index is 13.3. The minimum Gasteiger partial charge on any atom is -0.493 e. The Balaban J connectivity index is 1.74. The Labute approximate surface area is 147 Å². The minimum atomic E-state index is -0.364. The second kappa shape index (κ2) is 7.55. The molecule has 2 aromatic rings. The first-order valence-electron chi connectivity index (χ1n) is 8.38. The molecule has 1 unspecified atom stereocenters. The molecule has 1 amide bonds. The molecule has 0 radical (unpaired) electrons. The van der Waals surface area contributed by atoms with E-state index in [1.807, 2.05) is 18.2 Å². The monoisotopic (exact) mass is 343 g/mol. The Morgan fingerprint density at radius 2 is 1.92 bits per heavy atom. The van der Waals surface area contributed by atoms with Crippen LogP contribution in [-0.4, -0.2) is 20.1 Å². The summed E-state index contributed by atoms with van der Waals surface area (Å²) in [6, 6.07) is 11.7. The molecule has 1 aliphatic carbocycles. The van der Waals surface area contributed by atoms with E-state index in [2.05, 4.69) is 5.32 Å². The van der Waals surface area contributed by atoms with E-state index in [0.29, 0.717) is 29.5 Å². The molecule has 25 heavy (non-hydrogen) atoms. The van der Waals surface area contributed by atoms with E-state index in [0.717, 1.165) is 18.4 Å². The molecule has 0 bridgehead atoms. The quantitative estimate of drug-likeness (QED) is 0.812. The molecule has 1 N–H and O–H groups in total. The first-order valence-corrected chi connectivity index (χ1v) is 8.38. The zero-order chi connectivity index (χ0) is 17.8. The van der Waals surface area contributed by atoms with Crippen molar-refractivity contribution in [2.45, 2.75) is 25.2 Å². The molecule has 4 nitrogen and oxygen atoms in total. The summed E-state index contributed by atoms with van der Waals surface area (Å²) in [6.07, 6.45) is 2.59. The van der Waals surface area contributed by atoms with Crippen molar-refractivity contribution in [2.24, 2.45) is 5.92 Å². The zero-order valence-electron chi connectivity index (χ0n) is 14.4. The van der Waals surface area contributed by atoms with E-state index in [4.69, 9.17) is 9.47 Å². The Hall–Kier alpha value is -2.56. The van der Waals surface area contributed by atoms with Gasteiger partial charge in [0.15, 0.2) is 11.5 Å². The minimum absolute atomic E-state index is 0.114. The van der Waals surface area contributed by atoms with Gasteiger partial charge in [-0.2, -0.15) is 0 Å². The summed E-state index contributed by atoms with van der Waals surface area (Å²) < 4.78 is 23.9. The lowest BCUT2D eigenvalue weighted by Crippen LogP contribution is -2.17. The highest BCUT2D eigenvalue weighted by Crippen LogP contribution is 2.46. The van der Waals surface area contributed by atoms with Crippen molar-refractivity contribution in [1.29, 1.82) is 0 Å². The summed E-state index contributed by atoms with van der Waals surface area (Å²) in [5.41, 5.74) is 1.54. The molecular weight excluding hydrogens is 321 g/mol. The number of hydrogen-bond acceptors (Lipinski definition) is 3. The number of halogens is 1. The van der Waals surface area contributed by atoms with Gasteiger partial charge in [-0.15, -0.1) is 0 Å². The second-order valence-corrected chi connectivity index (χ2v) is 6.32. The lowest BCUT2D eigenvalue weighted by molar-refractivity contribution is -0.116. The van der Waals surface area contributed by atoms with Crippen LogP contribution in [0, 0.1) is 11.7 Å². The lowest BCUT2D eigenvalue weighted by atomic mass is 9.90. The standard InChI is InChI=1S/C20H22FNO3/c1-24-18-9-8-14(10-19(18)25-2)17(13-6-7-13)12-20(23)22-16-5-3-4-15(21)11-16/h3-5,8-11,13,17H,6-7,12H2,1-2H3,(H,22,23). The third-order valence-electron chi connectivity index (χ3n) is 4.54. The van der Waals surface area contributed by atoms with E-state index in [1.54, 1.807) is 26.4 Å². The zero-order valence-corrected chi connectivity index (χ0v) is 14.4. The third kappa shape index (κ3) is 4.29. The lowest BCUT2D eigenvalue weighted by Gasteiger charge is -2.18. The molecule has 2 aromatic carbocycles. The van der Waals surface area contributed by atoms with Crippen LogP contribution < -0.4 is 14.8 Å². The number of benzene rings is 2. The average Bonchev–Trinajstić information content (AvgIpc) is 3.44. The number of methoxy groups -OCH3 is 2. The molecule has 0 spiro atoms. The molecule has 132 valence electrons. The maximum Gasteiger partial charge on any atom is 0.224 e. The fraction of sp³-hybridized carbons (Fsp3) is 0.350. The summed E-state index contributed by atoms with van der Waals surface area (Å²) in [5, 5.41) is 2.78. The third-order valence-corrected chi connectivity index (χ3v) is 4.54. The summed E-state index contributed by atoms with van der Waals surface area (Å²) in [4.78, 5) is 12.4. The van der Waals surface area contributed by atoms with E-state index in [1.165, 1.54) is 12.1 Å². The largest absolute Gasteiger partial charge is 0.493 e. The number of rotatable bonds is 7. The van der Waals surface area contributed by atoms with E-state index in [-0.39, 0.29) is 17.6 Å². The molecule has 3 rings (SSSR count). The van der Waals surface area contributed by atoms with Crippen molar-refractivity contribution < 1.29 is 18.7 Å². The number of carbonyl (C=O) groups is 1. The van der Waals surface area contributed by atoms with Gasteiger partial charge in [0.2, 0.25) is 5.91 Å². The summed E-state index contributed by atoms with van der Waals surface area (Å²) in [6.45, 7) is 0. The molecule has 0 aliphatic heterocycles. The van der Waals surface area contributed by atoms with Gasteiger partial charge in [0, 0.05) is 12.1 Å². The van der Waals surface area contributed by atoms with Crippen molar-refractivity contribution in [3.63, 3.8) is 0 Å². The van der Waals surface area contributed by atoms with Gasteiger partial charge in [-0.3, -0.25) is 4.79 Å². The molecule has 1 atom stereocenters. The normalized spacial score (nSPS) is 14.7. The highest BCUT2D eigenvalue weighted by Gasteiger charge is 2.34. The number of anilines is 1. The van der Waals surface area contributed by atoms with Gasteiger partial charge in [-0.05, 0) is 60.6 Å². The van der Waals surface area contributed by atoms with Crippen molar-refractivity contribution in [1.82, 2.24) is 0 Å². The molecular formula is C20H22FNO3. The highest BCUT2D eigenvalue weighted by molar-refractivity contribution is 5.91. The average molecular weight is 343 g/mol. The van der Waals surface area contributed by atoms with Crippen molar-refractivity contribution in [3.8, 4) is 11.5 Å². The van der Waals surface area contributed by atoms with Gasteiger partial charge < -0.3 is 14.8 Å². The maximum absolute atomic E-state index is 13.3. The van der Waals surface area contributed by atoms with E-state index >= 15 is 0 Å². The molecule has 1 fully saturated rings. The van der Waals surface area contributed by atoms with Crippen molar-refractivity contribution in [3.05, 3.63) is 53.8 Å². The molecule has 5 heteroatoms. The Morgan fingerprint density at radius 1 is 1.16 bits per heavy atom. The van der Waals surface area contributed by atoms with E-state index in [9.17, 15) is 9.18 Å². The van der Waals surface area contributed by atoms with Gasteiger partial charge in [0.05, 0.1) is 14.2 Å². The molecule has 1 aliphatic rings. The Morgan fingerprint density at radius 3 is 2.56 bits per heavy atom. The van der Waals surface area contributed by atoms with Crippen LogP contribution in [0.4, 0.5) is 10.1 Å². The van der Waals surface area contributed by atoms with E-state index < -0.39 is 0 Å². The fourth-order valence-corrected chi connectivity index (χ4v) is 3.12. The Kier molecular flexibility index (Phi) is 5.22. The molecule has 0 heterocycles. The van der Waals surface area contributed by atoms with Crippen LogP contribution >= 0.6 is 0 Å². The van der Waals surface area contributed by atoms with Gasteiger partial charge in [-0.1, -0.05) is 12.1 Å². The van der Waals surface area contributed by atoms with Gasteiger partial charge in [0.1, 0.15) is 5.82 Å². The summed E-state index contributed by atoms with van der Waals surface area (Å²) in [7, 11) is 3.20. The fourth-order valence-electron chi connectivity index (χ4n) is 3.12. The molecule has 1 saturated carbocycles. The number of carbonyl (C=O) groups excluding carboxylic acids is 1. The van der Waals surface area contributed by atoms with Gasteiger partial charge in [-0.25, -0.2) is 4.39 Å². The summed E-state index contributed by atoms with van der Waals surface area (Å²) >= 11 is 0. The second-order valence-electron chi connectivity index (χ2n) is 6.32. The number of ether oxygens (including phenoxy) is 2. The summed E-state index contributed by atoms with van der Waals surface area (Å²) in [5.74, 6) is 1.47. The first-order chi connectivity index (χ1) is 12.1. The van der Waals surface area contributed by atoms with Gasteiger partial charge >= 0.3 is 0 Å². The highest BCUT2D eigenvalue weighted by atomic mass is 19.1. The first kappa shape index (κ1) is 17.3. The predicted octanol–water partition coefficient (Wildman–Crippen LogP) is 4.37. The molecule has 0 aromatic heterocycles. The van der Waals surface area contributed by atoms with Crippen LogP contribution in [0.15, 0.2) is 42.5 Å². The van der Waals surface area contributed by atoms with Crippen LogP contribution in [0.2, 0.25) is 0 Å². The van der Waals surface area contributed by atoms with Crippen LogP contribution in [0.5, 0.6) is 11.5 Å². The topological polar surface area (TPSA) is 47.6 Å².